The second-order valence-electron chi connectivity index (χ2n) is 6.00. The van der Waals surface area contributed by atoms with E-state index in [1.54, 1.807) is 6.20 Å². The fourth-order valence-corrected chi connectivity index (χ4v) is 2.69. The molecule has 0 saturated heterocycles. The maximum atomic E-state index is 10.1. The average molecular weight is 276 g/mol. The Balaban J connectivity index is 1.53. The van der Waals surface area contributed by atoms with Gasteiger partial charge in [-0.1, -0.05) is 12.8 Å². The van der Waals surface area contributed by atoms with Gasteiger partial charge in [-0.15, -0.1) is 0 Å². The van der Waals surface area contributed by atoms with Crippen LogP contribution in [0.4, 0.5) is 0 Å². The Labute approximate surface area is 120 Å². The predicted molar refractivity (Wildman–Crippen MR) is 77.6 cm³/mol. The van der Waals surface area contributed by atoms with Crippen LogP contribution in [-0.4, -0.2) is 28.3 Å². The molecule has 1 heterocycles. The van der Waals surface area contributed by atoms with Gasteiger partial charge in [-0.25, -0.2) is 0 Å². The monoisotopic (exact) mass is 276 g/mol. The van der Waals surface area contributed by atoms with Gasteiger partial charge in [0, 0.05) is 12.6 Å². The molecule has 2 unspecified atom stereocenters. The van der Waals surface area contributed by atoms with Crippen LogP contribution in [0, 0.1) is 0 Å². The van der Waals surface area contributed by atoms with Crippen molar-refractivity contribution in [3.05, 3.63) is 24.0 Å². The van der Waals surface area contributed by atoms with E-state index in [-0.39, 0.29) is 12.2 Å². The van der Waals surface area contributed by atoms with Crippen LogP contribution in [0.5, 0.6) is 5.75 Å². The number of aliphatic hydroxyl groups excluding tert-OH is 1. The molecule has 0 bridgehead atoms. The Bertz CT molecular complexity index is 417. The van der Waals surface area contributed by atoms with Crippen molar-refractivity contribution in [3.63, 3.8) is 0 Å². The third kappa shape index (κ3) is 3.93. The van der Waals surface area contributed by atoms with Gasteiger partial charge in [0.2, 0.25) is 0 Å². The highest BCUT2D eigenvalue weighted by molar-refractivity contribution is 5.20. The number of hydrogen-bond donors (Lipinski definition) is 2. The first-order valence-corrected chi connectivity index (χ1v) is 7.84. The van der Waals surface area contributed by atoms with E-state index in [4.69, 9.17) is 4.74 Å². The molecule has 2 fully saturated rings. The molecule has 20 heavy (non-hydrogen) atoms. The number of nitrogens with one attached hydrogen (secondary N) is 1. The van der Waals surface area contributed by atoms with Crippen LogP contribution in [0.25, 0.3) is 0 Å². The number of aliphatic hydroxyl groups is 1. The van der Waals surface area contributed by atoms with Crippen LogP contribution in [0.15, 0.2) is 18.3 Å². The van der Waals surface area contributed by atoms with Crippen molar-refractivity contribution in [2.45, 2.75) is 69.7 Å². The highest BCUT2D eigenvalue weighted by Crippen LogP contribution is 2.23. The molecule has 0 amide bonds. The van der Waals surface area contributed by atoms with Crippen LogP contribution in [0.1, 0.15) is 50.6 Å². The Kier molecular flexibility index (Phi) is 4.53. The minimum atomic E-state index is -0.339. The summed E-state index contributed by atoms with van der Waals surface area (Å²) in [6, 6.07) is 4.68. The van der Waals surface area contributed by atoms with Gasteiger partial charge in [-0.2, -0.15) is 0 Å². The van der Waals surface area contributed by atoms with Gasteiger partial charge in [0.05, 0.1) is 18.0 Å². The SMILES string of the molecule is OC1CCCCCC1Oc1ccc(CNC2CC2)nc1. The summed E-state index contributed by atoms with van der Waals surface area (Å²) >= 11 is 0. The molecule has 2 atom stereocenters. The van der Waals surface area contributed by atoms with Gasteiger partial charge in [0.25, 0.3) is 0 Å². The largest absolute Gasteiger partial charge is 0.486 e. The van der Waals surface area contributed by atoms with E-state index in [1.165, 1.54) is 19.3 Å². The molecular weight excluding hydrogens is 252 g/mol. The molecule has 4 heteroatoms. The predicted octanol–water partition coefficient (Wildman–Crippen LogP) is 2.41. The second-order valence-corrected chi connectivity index (χ2v) is 6.00. The smallest absolute Gasteiger partial charge is 0.138 e. The van der Waals surface area contributed by atoms with Crippen LogP contribution in [0.3, 0.4) is 0 Å². The normalized spacial score (nSPS) is 27.1. The van der Waals surface area contributed by atoms with Crippen LogP contribution < -0.4 is 10.1 Å². The minimum absolute atomic E-state index is 0.0743. The molecule has 0 radical (unpaired) electrons. The fraction of sp³-hybridized carbons (Fsp3) is 0.688. The van der Waals surface area contributed by atoms with Crippen molar-refractivity contribution in [2.24, 2.45) is 0 Å². The molecular formula is C16H24N2O2. The summed E-state index contributed by atoms with van der Waals surface area (Å²) in [5.74, 6) is 0.770. The van der Waals surface area contributed by atoms with Gasteiger partial charge in [0.15, 0.2) is 0 Å². The van der Waals surface area contributed by atoms with E-state index in [1.807, 2.05) is 12.1 Å². The van der Waals surface area contributed by atoms with Crippen LogP contribution in [-0.2, 0) is 6.54 Å². The zero-order chi connectivity index (χ0) is 13.8. The van der Waals surface area contributed by atoms with Gasteiger partial charge in [-0.05, 0) is 44.2 Å². The summed E-state index contributed by atoms with van der Waals surface area (Å²) < 4.78 is 5.91. The van der Waals surface area contributed by atoms with E-state index >= 15 is 0 Å². The second kappa shape index (κ2) is 6.55. The zero-order valence-corrected chi connectivity index (χ0v) is 11.9. The molecule has 2 N–H and O–H groups in total. The number of hydrogen-bond acceptors (Lipinski definition) is 4. The summed E-state index contributed by atoms with van der Waals surface area (Å²) in [5, 5.41) is 13.5. The van der Waals surface area contributed by atoms with Crippen molar-refractivity contribution in [2.75, 3.05) is 0 Å². The van der Waals surface area contributed by atoms with E-state index in [9.17, 15) is 5.11 Å². The molecule has 0 spiro atoms. The molecule has 4 nitrogen and oxygen atoms in total. The van der Waals surface area contributed by atoms with Crippen LogP contribution in [0.2, 0.25) is 0 Å². The summed E-state index contributed by atoms with van der Waals surface area (Å²) in [6.45, 7) is 0.830. The zero-order valence-electron chi connectivity index (χ0n) is 11.9. The third-order valence-electron chi connectivity index (χ3n) is 4.15. The Hall–Kier alpha value is -1.13. The van der Waals surface area contributed by atoms with E-state index in [2.05, 4.69) is 10.3 Å². The molecule has 2 aliphatic rings. The first-order valence-electron chi connectivity index (χ1n) is 7.84. The van der Waals surface area contributed by atoms with Crippen molar-refractivity contribution >= 4 is 0 Å². The molecule has 3 rings (SSSR count). The topological polar surface area (TPSA) is 54.4 Å². The lowest BCUT2D eigenvalue weighted by Gasteiger charge is -2.21. The quantitative estimate of drug-likeness (QED) is 0.811. The van der Waals surface area contributed by atoms with Gasteiger partial charge in [0.1, 0.15) is 11.9 Å². The highest BCUT2D eigenvalue weighted by Gasteiger charge is 2.23. The number of nitrogens with zero attached hydrogens (tertiary/aromatic N) is 1. The van der Waals surface area contributed by atoms with Crippen molar-refractivity contribution in [3.8, 4) is 5.75 Å². The maximum absolute atomic E-state index is 10.1. The molecule has 0 aliphatic heterocycles. The lowest BCUT2D eigenvalue weighted by molar-refractivity contribution is 0.0317. The van der Waals surface area contributed by atoms with E-state index in [0.29, 0.717) is 6.04 Å². The maximum Gasteiger partial charge on any atom is 0.138 e. The molecule has 1 aromatic rings. The summed E-state index contributed by atoms with van der Waals surface area (Å²) in [5.41, 5.74) is 1.05. The minimum Gasteiger partial charge on any atom is -0.486 e. The number of rotatable bonds is 5. The van der Waals surface area contributed by atoms with Gasteiger partial charge in [-0.3, -0.25) is 4.98 Å². The number of aromatic nitrogens is 1. The highest BCUT2D eigenvalue weighted by atomic mass is 16.5. The molecule has 110 valence electrons. The Morgan fingerprint density at radius 2 is 2.00 bits per heavy atom. The Morgan fingerprint density at radius 3 is 2.75 bits per heavy atom. The van der Waals surface area contributed by atoms with Gasteiger partial charge >= 0.3 is 0 Å². The first-order chi connectivity index (χ1) is 9.81. The van der Waals surface area contributed by atoms with Crippen molar-refractivity contribution in [1.82, 2.24) is 10.3 Å². The van der Waals surface area contributed by atoms with E-state index in [0.717, 1.165) is 43.7 Å². The average Bonchev–Trinajstić information content (AvgIpc) is 3.29. The number of pyridine rings is 1. The van der Waals surface area contributed by atoms with Gasteiger partial charge < -0.3 is 15.2 Å². The standard InChI is InChI=1S/C16H24N2O2/c19-15-4-2-1-3-5-16(15)20-14-9-8-13(18-11-14)10-17-12-6-7-12/h8-9,11-12,15-17,19H,1-7,10H2. The molecule has 0 aromatic carbocycles. The molecule has 2 aliphatic carbocycles. The Morgan fingerprint density at radius 1 is 1.15 bits per heavy atom. The fourth-order valence-electron chi connectivity index (χ4n) is 2.69. The third-order valence-corrected chi connectivity index (χ3v) is 4.15. The van der Waals surface area contributed by atoms with E-state index < -0.39 is 0 Å². The molecule has 2 saturated carbocycles. The number of ether oxygens (including phenoxy) is 1. The lowest BCUT2D eigenvalue weighted by Crippen LogP contribution is -2.30. The van der Waals surface area contributed by atoms with Crippen LogP contribution >= 0.6 is 0 Å². The lowest BCUT2D eigenvalue weighted by atomic mass is 10.1. The molecule has 1 aromatic heterocycles. The van der Waals surface area contributed by atoms with Crippen molar-refractivity contribution < 1.29 is 9.84 Å². The first kappa shape index (κ1) is 13.8. The summed E-state index contributed by atoms with van der Waals surface area (Å²) in [7, 11) is 0. The van der Waals surface area contributed by atoms with Crippen molar-refractivity contribution in [1.29, 1.82) is 0 Å². The summed E-state index contributed by atoms with van der Waals surface area (Å²) in [4.78, 5) is 4.42. The summed E-state index contributed by atoms with van der Waals surface area (Å²) in [6.07, 6.45) is 9.17.